The minimum absolute atomic E-state index is 0.00354. The highest BCUT2D eigenvalue weighted by atomic mass is 16.5. The maximum atomic E-state index is 12.5. The number of nitrogens with one attached hydrogen (secondary N) is 1. The molecule has 0 aromatic heterocycles. The summed E-state index contributed by atoms with van der Waals surface area (Å²) in [6, 6.07) is -0.628. The predicted octanol–water partition coefficient (Wildman–Crippen LogP) is 1.56. The first-order chi connectivity index (χ1) is 10.0. The van der Waals surface area contributed by atoms with Crippen molar-refractivity contribution in [1.29, 1.82) is 0 Å². The SMILES string of the molecule is CCC1C(=O)NC(C2CC2)C(=O)N1CCOCCC(C)C. The second kappa shape index (κ2) is 7.25. The van der Waals surface area contributed by atoms with Crippen LogP contribution in [-0.2, 0) is 14.3 Å². The molecule has 120 valence electrons. The van der Waals surface area contributed by atoms with E-state index in [1.807, 2.05) is 6.92 Å². The normalized spacial score (nSPS) is 26.4. The fraction of sp³-hybridized carbons (Fsp3) is 0.875. The van der Waals surface area contributed by atoms with Crippen molar-refractivity contribution in [3.05, 3.63) is 0 Å². The van der Waals surface area contributed by atoms with Gasteiger partial charge in [0.2, 0.25) is 11.8 Å². The predicted molar refractivity (Wildman–Crippen MR) is 80.7 cm³/mol. The standard InChI is InChI=1S/C16H28N2O3/c1-4-13-15(19)17-14(12-5-6-12)16(20)18(13)8-10-21-9-7-11(2)3/h11-14H,4-10H2,1-3H3,(H,17,19). The molecule has 0 bridgehead atoms. The van der Waals surface area contributed by atoms with Gasteiger partial charge in [0.1, 0.15) is 12.1 Å². The average molecular weight is 296 g/mol. The minimum atomic E-state index is -0.332. The molecule has 1 saturated heterocycles. The fourth-order valence-corrected chi connectivity index (χ4v) is 2.79. The Hall–Kier alpha value is -1.10. The van der Waals surface area contributed by atoms with Crippen molar-refractivity contribution in [2.75, 3.05) is 19.8 Å². The maximum Gasteiger partial charge on any atom is 0.246 e. The summed E-state index contributed by atoms with van der Waals surface area (Å²) in [6.07, 6.45) is 3.77. The molecule has 5 nitrogen and oxygen atoms in total. The summed E-state index contributed by atoms with van der Waals surface area (Å²) >= 11 is 0. The number of nitrogens with zero attached hydrogens (tertiary/aromatic N) is 1. The molecule has 2 fully saturated rings. The molecular weight excluding hydrogens is 268 g/mol. The van der Waals surface area contributed by atoms with Gasteiger partial charge in [0.15, 0.2) is 0 Å². The van der Waals surface area contributed by atoms with Crippen molar-refractivity contribution in [3.8, 4) is 0 Å². The molecule has 5 heteroatoms. The third-order valence-corrected chi connectivity index (χ3v) is 4.32. The van der Waals surface area contributed by atoms with Crippen LogP contribution in [0.1, 0.15) is 46.5 Å². The first-order valence-electron chi connectivity index (χ1n) is 8.23. The highest BCUT2D eigenvalue weighted by molar-refractivity contribution is 5.97. The Labute approximate surface area is 127 Å². The third kappa shape index (κ3) is 4.19. The van der Waals surface area contributed by atoms with Crippen LogP contribution >= 0.6 is 0 Å². The molecule has 2 unspecified atom stereocenters. The van der Waals surface area contributed by atoms with E-state index in [0.29, 0.717) is 31.4 Å². The van der Waals surface area contributed by atoms with Crippen LogP contribution in [0.15, 0.2) is 0 Å². The lowest BCUT2D eigenvalue weighted by Crippen LogP contribution is -2.64. The number of amides is 2. The Morgan fingerprint density at radius 3 is 2.57 bits per heavy atom. The van der Waals surface area contributed by atoms with Crippen LogP contribution in [0.3, 0.4) is 0 Å². The van der Waals surface area contributed by atoms with E-state index in [4.69, 9.17) is 4.74 Å². The van der Waals surface area contributed by atoms with Gasteiger partial charge in [0.05, 0.1) is 6.61 Å². The summed E-state index contributed by atoms with van der Waals surface area (Å²) in [5, 5.41) is 2.90. The van der Waals surface area contributed by atoms with Gasteiger partial charge in [-0.15, -0.1) is 0 Å². The summed E-state index contributed by atoms with van der Waals surface area (Å²) in [6.45, 7) is 8.02. The zero-order valence-electron chi connectivity index (χ0n) is 13.4. The number of hydrogen-bond donors (Lipinski definition) is 1. The molecule has 2 amide bonds. The smallest absolute Gasteiger partial charge is 0.246 e. The van der Waals surface area contributed by atoms with Crippen LogP contribution in [0.25, 0.3) is 0 Å². The van der Waals surface area contributed by atoms with Gasteiger partial charge >= 0.3 is 0 Å². The Kier molecular flexibility index (Phi) is 5.62. The van der Waals surface area contributed by atoms with Crippen LogP contribution in [0.2, 0.25) is 0 Å². The molecule has 2 atom stereocenters. The lowest BCUT2D eigenvalue weighted by molar-refractivity contribution is -0.151. The number of rotatable bonds is 8. The summed E-state index contributed by atoms with van der Waals surface area (Å²) < 4.78 is 5.61. The Morgan fingerprint density at radius 2 is 2.00 bits per heavy atom. The number of hydrogen-bond acceptors (Lipinski definition) is 3. The zero-order valence-corrected chi connectivity index (χ0v) is 13.4. The number of piperazine rings is 1. The monoisotopic (exact) mass is 296 g/mol. The highest BCUT2D eigenvalue weighted by Gasteiger charge is 2.46. The average Bonchev–Trinajstić information content (AvgIpc) is 3.25. The van der Waals surface area contributed by atoms with Gasteiger partial charge in [-0.2, -0.15) is 0 Å². The summed E-state index contributed by atoms with van der Waals surface area (Å²) in [5.41, 5.74) is 0. The second-order valence-corrected chi connectivity index (χ2v) is 6.57. The van der Waals surface area contributed by atoms with Crippen LogP contribution in [0.5, 0.6) is 0 Å². The minimum Gasteiger partial charge on any atom is -0.380 e. The topological polar surface area (TPSA) is 58.6 Å². The van der Waals surface area contributed by atoms with Gasteiger partial charge in [-0.3, -0.25) is 9.59 Å². The molecule has 21 heavy (non-hydrogen) atoms. The Bertz CT molecular complexity index is 380. The maximum absolute atomic E-state index is 12.5. The summed E-state index contributed by atoms with van der Waals surface area (Å²) in [5.74, 6) is 1.05. The number of carbonyl (C=O) groups excluding carboxylic acids is 2. The van der Waals surface area contributed by atoms with E-state index in [0.717, 1.165) is 25.9 Å². The van der Waals surface area contributed by atoms with Crippen molar-refractivity contribution in [3.63, 3.8) is 0 Å². The van der Waals surface area contributed by atoms with Crippen LogP contribution in [0, 0.1) is 11.8 Å². The van der Waals surface area contributed by atoms with Gasteiger partial charge < -0.3 is 15.0 Å². The van der Waals surface area contributed by atoms with E-state index < -0.39 is 0 Å². The van der Waals surface area contributed by atoms with E-state index >= 15 is 0 Å². The molecule has 1 saturated carbocycles. The number of ether oxygens (including phenoxy) is 1. The molecule has 1 heterocycles. The van der Waals surface area contributed by atoms with E-state index in [2.05, 4.69) is 19.2 Å². The van der Waals surface area contributed by atoms with Crippen molar-refractivity contribution >= 4 is 11.8 Å². The summed E-state index contributed by atoms with van der Waals surface area (Å²) in [7, 11) is 0. The quantitative estimate of drug-likeness (QED) is 0.692. The Morgan fingerprint density at radius 1 is 1.29 bits per heavy atom. The van der Waals surface area contributed by atoms with Crippen molar-refractivity contribution < 1.29 is 14.3 Å². The molecule has 0 aromatic carbocycles. The lowest BCUT2D eigenvalue weighted by Gasteiger charge is -2.38. The van der Waals surface area contributed by atoms with Crippen molar-refractivity contribution in [1.82, 2.24) is 10.2 Å². The van der Waals surface area contributed by atoms with E-state index in [1.54, 1.807) is 4.90 Å². The van der Waals surface area contributed by atoms with Crippen LogP contribution in [0.4, 0.5) is 0 Å². The molecule has 2 aliphatic rings. The molecule has 0 spiro atoms. The molecule has 0 radical (unpaired) electrons. The van der Waals surface area contributed by atoms with Crippen molar-refractivity contribution in [2.24, 2.45) is 11.8 Å². The van der Waals surface area contributed by atoms with Gasteiger partial charge in [-0.1, -0.05) is 20.8 Å². The van der Waals surface area contributed by atoms with E-state index in [1.165, 1.54) is 0 Å². The zero-order chi connectivity index (χ0) is 15.4. The van der Waals surface area contributed by atoms with Gasteiger partial charge in [-0.25, -0.2) is 0 Å². The van der Waals surface area contributed by atoms with E-state index in [9.17, 15) is 9.59 Å². The summed E-state index contributed by atoms with van der Waals surface area (Å²) in [4.78, 5) is 26.4. The number of carbonyl (C=O) groups is 2. The molecule has 2 rings (SSSR count). The fourth-order valence-electron chi connectivity index (χ4n) is 2.79. The third-order valence-electron chi connectivity index (χ3n) is 4.32. The Balaban J connectivity index is 1.86. The molecule has 1 aliphatic heterocycles. The molecule has 1 N–H and O–H groups in total. The van der Waals surface area contributed by atoms with E-state index in [-0.39, 0.29) is 23.9 Å². The second-order valence-electron chi connectivity index (χ2n) is 6.57. The van der Waals surface area contributed by atoms with Gasteiger partial charge in [-0.05, 0) is 37.5 Å². The molecular formula is C16H28N2O3. The van der Waals surface area contributed by atoms with Gasteiger partial charge in [0.25, 0.3) is 0 Å². The lowest BCUT2D eigenvalue weighted by atomic mass is 10.0. The largest absolute Gasteiger partial charge is 0.380 e. The molecule has 0 aromatic rings. The van der Waals surface area contributed by atoms with Crippen LogP contribution in [-0.4, -0.2) is 48.6 Å². The first-order valence-corrected chi connectivity index (χ1v) is 8.23. The molecule has 1 aliphatic carbocycles. The van der Waals surface area contributed by atoms with Crippen LogP contribution < -0.4 is 5.32 Å². The van der Waals surface area contributed by atoms with Gasteiger partial charge in [0, 0.05) is 13.2 Å². The highest BCUT2D eigenvalue weighted by Crippen LogP contribution is 2.35. The van der Waals surface area contributed by atoms with Crippen molar-refractivity contribution in [2.45, 2.75) is 58.5 Å². The first kappa shape index (κ1) is 16.3.